The van der Waals surface area contributed by atoms with Gasteiger partial charge in [0.05, 0.1) is 16.4 Å². The molecule has 4 nitrogen and oxygen atoms in total. The number of benzene rings is 1. The zero-order valence-corrected chi connectivity index (χ0v) is 18.4. The lowest BCUT2D eigenvalue weighted by molar-refractivity contribution is 0.0919. The standard InChI is InChI=1S/C23H27ClFN3O/c1-14(2)9-17(13-26-6)21-12-16(22(29)28-23(3,4)5)11-20(27-21)15-7-8-18(24)19(25)10-15/h7-14H,1-6H3,(H,28,29)/b17-9-,26-13-. The van der Waals surface area contributed by atoms with Gasteiger partial charge in [0.25, 0.3) is 5.91 Å². The Bertz CT molecular complexity index is 959. The van der Waals surface area contributed by atoms with E-state index < -0.39 is 11.4 Å². The van der Waals surface area contributed by atoms with Crippen molar-refractivity contribution in [3.05, 3.63) is 58.5 Å². The minimum atomic E-state index is -0.537. The predicted octanol–water partition coefficient (Wildman–Crippen LogP) is 5.81. The Morgan fingerprint density at radius 3 is 2.48 bits per heavy atom. The van der Waals surface area contributed by atoms with Gasteiger partial charge in [-0.15, -0.1) is 0 Å². The van der Waals surface area contributed by atoms with Crippen LogP contribution in [0, 0.1) is 11.7 Å². The van der Waals surface area contributed by atoms with E-state index in [-0.39, 0.29) is 16.8 Å². The van der Waals surface area contributed by atoms with Crippen LogP contribution >= 0.6 is 11.6 Å². The highest BCUT2D eigenvalue weighted by atomic mass is 35.5. The summed E-state index contributed by atoms with van der Waals surface area (Å²) in [5, 5.41) is 2.99. The Hall–Kier alpha value is -2.53. The van der Waals surface area contributed by atoms with Crippen LogP contribution in [0.4, 0.5) is 4.39 Å². The highest BCUT2D eigenvalue weighted by Gasteiger charge is 2.18. The first-order valence-electron chi connectivity index (χ1n) is 9.44. The Labute approximate surface area is 176 Å². The molecule has 0 unspecified atom stereocenters. The van der Waals surface area contributed by atoms with Crippen molar-refractivity contribution < 1.29 is 9.18 Å². The van der Waals surface area contributed by atoms with Gasteiger partial charge in [0, 0.05) is 35.5 Å². The summed E-state index contributed by atoms with van der Waals surface area (Å²) in [5.41, 5.74) is 2.45. The van der Waals surface area contributed by atoms with Gasteiger partial charge in [-0.25, -0.2) is 9.37 Å². The molecule has 0 saturated heterocycles. The third-order valence-corrected chi connectivity index (χ3v) is 4.17. The number of rotatable bonds is 5. The van der Waals surface area contributed by atoms with Crippen LogP contribution in [0.25, 0.3) is 16.8 Å². The number of nitrogens with zero attached hydrogens (tertiary/aromatic N) is 2. The number of amides is 1. The first-order chi connectivity index (χ1) is 13.5. The monoisotopic (exact) mass is 415 g/mol. The topological polar surface area (TPSA) is 54.4 Å². The van der Waals surface area contributed by atoms with Gasteiger partial charge in [-0.3, -0.25) is 9.79 Å². The lowest BCUT2D eigenvalue weighted by Crippen LogP contribution is -2.40. The molecule has 0 fully saturated rings. The molecule has 0 aliphatic rings. The maximum Gasteiger partial charge on any atom is 0.251 e. The van der Waals surface area contributed by atoms with Crippen molar-refractivity contribution in [3.63, 3.8) is 0 Å². The van der Waals surface area contributed by atoms with Crippen LogP contribution in [0.2, 0.25) is 5.02 Å². The van der Waals surface area contributed by atoms with Gasteiger partial charge in [-0.05, 0) is 51.0 Å². The highest BCUT2D eigenvalue weighted by molar-refractivity contribution is 6.30. The maximum absolute atomic E-state index is 14.0. The van der Waals surface area contributed by atoms with Gasteiger partial charge in [-0.1, -0.05) is 37.6 Å². The Morgan fingerprint density at radius 2 is 1.93 bits per heavy atom. The molecule has 1 aromatic carbocycles. The Balaban J connectivity index is 2.68. The molecule has 1 heterocycles. The summed E-state index contributed by atoms with van der Waals surface area (Å²) in [6.07, 6.45) is 3.73. The highest BCUT2D eigenvalue weighted by Crippen LogP contribution is 2.26. The molecule has 0 atom stereocenters. The van der Waals surface area contributed by atoms with E-state index in [1.165, 1.54) is 12.1 Å². The molecule has 0 spiro atoms. The second-order valence-electron chi connectivity index (χ2n) is 8.21. The average Bonchev–Trinajstić information content (AvgIpc) is 2.61. The lowest BCUT2D eigenvalue weighted by atomic mass is 10.0. The molecule has 6 heteroatoms. The molecule has 0 bridgehead atoms. The van der Waals surface area contributed by atoms with Crippen LogP contribution in [0.3, 0.4) is 0 Å². The van der Waals surface area contributed by atoms with Crippen LogP contribution in [0.1, 0.15) is 50.7 Å². The normalized spacial score (nSPS) is 12.7. The second kappa shape index (κ2) is 9.31. The largest absolute Gasteiger partial charge is 0.347 e. The van der Waals surface area contributed by atoms with Gasteiger partial charge in [-0.2, -0.15) is 0 Å². The summed E-state index contributed by atoms with van der Waals surface area (Å²) in [7, 11) is 1.68. The quantitative estimate of drug-likeness (QED) is 0.626. The lowest BCUT2D eigenvalue weighted by Gasteiger charge is -2.21. The molecule has 0 aliphatic heterocycles. The van der Waals surface area contributed by atoms with Crippen molar-refractivity contribution in [2.45, 2.75) is 40.2 Å². The fourth-order valence-electron chi connectivity index (χ4n) is 2.72. The van der Waals surface area contributed by atoms with E-state index in [2.05, 4.69) is 29.1 Å². The molecule has 0 aliphatic carbocycles. The van der Waals surface area contributed by atoms with Gasteiger partial charge >= 0.3 is 0 Å². The molecule has 1 amide bonds. The van der Waals surface area contributed by atoms with Crippen molar-refractivity contribution in [2.24, 2.45) is 10.9 Å². The van der Waals surface area contributed by atoms with Gasteiger partial charge in [0.1, 0.15) is 5.82 Å². The van der Waals surface area contributed by atoms with Crippen LogP contribution in [0.5, 0.6) is 0 Å². The van der Waals surface area contributed by atoms with Crippen molar-refractivity contribution in [2.75, 3.05) is 7.05 Å². The number of hydrogen-bond donors (Lipinski definition) is 1. The molecule has 154 valence electrons. The number of aliphatic imine (C=N–C) groups is 1. The SMILES string of the molecule is C/N=C\C(=C\C(C)C)c1cc(C(=O)NC(C)(C)C)cc(-c2ccc(Cl)c(F)c2)n1. The Morgan fingerprint density at radius 1 is 1.24 bits per heavy atom. The van der Waals surface area contributed by atoms with E-state index in [0.29, 0.717) is 22.5 Å². The number of pyridine rings is 1. The number of aromatic nitrogens is 1. The van der Waals surface area contributed by atoms with Gasteiger partial charge < -0.3 is 5.32 Å². The summed E-state index contributed by atoms with van der Waals surface area (Å²) in [5.74, 6) is -0.507. The van der Waals surface area contributed by atoms with Crippen molar-refractivity contribution in [1.82, 2.24) is 10.3 Å². The predicted molar refractivity (Wildman–Crippen MR) is 119 cm³/mol. The van der Waals surface area contributed by atoms with Gasteiger partial charge in [0.15, 0.2) is 0 Å². The summed E-state index contributed by atoms with van der Waals surface area (Å²) in [6.45, 7) is 9.84. The first kappa shape index (κ1) is 22.8. The van der Waals surface area contributed by atoms with Crippen molar-refractivity contribution >= 4 is 29.3 Å². The van der Waals surface area contributed by atoms with Crippen LogP contribution < -0.4 is 5.32 Å². The van der Waals surface area contributed by atoms with E-state index >= 15 is 0 Å². The number of carbonyl (C=O) groups is 1. The first-order valence-corrected chi connectivity index (χ1v) is 9.82. The van der Waals surface area contributed by atoms with Crippen LogP contribution in [-0.2, 0) is 0 Å². The fraction of sp³-hybridized carbons (Fsp3) is 0.348. The van der Waals surface area contributed by atoms with E-state index in [1.54, 1.807) is 31.5 Å². The summed E-state index contributed by atoms with van der Waals surface area (Å²) < 4.78 is 14.0. The van der Waals surface area contributed by atoms with Gasteiger partial charge in [0.2, 0.25) is 0 Å². The summed E-state index contributed by atoms with van der Waals surface area (Å²) in [6, 6.07) is 7.87. The molecular weight excluding hydrogens is 389 g/mol. The zero-order chi connectivity index (χ0) is 21.8. The van der Waals surface area contributed by atoms with E-state index in [9.17, 15) is 9.18 Å². The fourth-order valence-corrected chi connectivity index (χ4v) is 2.84. The van der Waals surface area contributed by atoms with E-state index in [1.807, 2.05) is 26.8 Å². The minimum Gasteiger partial charge on any atom is -0.347 e. The number of hydrogen-bond acceptors (Lipinski definition) is 3. The van der Waals surface area contributed by atoms with Crippen LogP contribution in [0.15, 0.2) is 41.4 Å². The molecule has 1 aromatic heterocycles. The summed E-state index contributed by atoms with van der Waals surface area (Å²) >= 11 is 5.82. The number of halogens is 2. The molecule has 0 saturated carbocycles. The average molecular weight is 416 g/mol. The van der Waals surface area contributed by atoms with E-state index in [4.69, 9.17) is 11.6 Å². The number of allylic oxidation sites excluding steroid dienone is 2. The third-order valence-electron chi connectivity index (χ3n) is 3.87. The maximum atomic E-state index is 14.0. The smallest absolute Gasteiger partial charge is 0.251 e. The van der Waals surface area contributed by atoms with Crippen molar-refractivity contribution in [1.29, 1.82) is 0 Å². The number of nitrogens with one attached hydrogen (secondary N) is 1. The molecule has 1 N–H and O–H groups in total. The van der Waals surface area contributed by atoms with E-state index in [0.717, 1.165) is 5.57 Å². The number of carbonyl (C=O) groups excluding carboxylic acids is 1. The Kier molecular flexibility index (Phi) is 7.31. The van der Waals surface area contributed by atoms with Crippen LogP contribution in [-0.4, -0.2) is 29.7 Å². The molecular formula is C23H27ClFN3O. The molecule has 2 aromatic rings. The third kappa shape index (κ3) is 6.50. The summed E-state index contributed by atoms with van der Waals surface area (Å²) in [4.78, 5) is 21.6. The molecule has 2 rings (SSSR count). The van der Waals surface area contributed by atoms with Crippen molar-refractivity contribution in [3.8, 4) is 11.3 Å². The molecule has 29 heavy (non-hydrogen) atoms. The molecule has 0 radical (unpaired) electrons. The minimum absolute atomic E-state index is 0.0362. The second-order valence-corrected chi connectivity index (χ2v) is 8.62. The zero-order valence-electron chi connectivity index (χ0n) is 17.7.